The van der Waals surface area contributed by atoms with Crippen LogP contribution in [0.15, 0.2) is 0 Å². The lowest BCUT2D eigenvalue weighted by Crippen LogP contribution is -2.48. The number of rotatable bonds is 13. The predicted octanol–water partition coefficient (Wildman–Crippen LogP) is 5.91. The van der Waals surface area contributed by atoms with E-state index in [1.54, 1.807) is 0 Å². The molecule has 0 spiro atoms. The molecule has 2 atom stereocenters. The Kier molecular flexibility index (Phi) is 10.5. The minimum Gasteiger partial charge on any atom is -0.316 e. The van der Waals surface area contributed by atoms with Crippen molar-refractivity contribution in [2.24, 2.45) is 10.8 Å². The minimum atomic E-state index is 0.452. The van der Waals surface area contributed by atoms with Gasteiger partial charge in [-0.2, -0.15) is 0 Å². The Morgan fingerprint density at radius 2 is 1.42 bits per heavy atom. The highest BCUT2D eigenvalue weighted by Gasteiger charge is 2.40. The summed E-state index contributed by atoms with van der Waals surface area (Å²) in [5, 5.41) is 7.65. The average molecular weight is 339 g/mol. The highest BCUT2D eigenvalue weighted by Crippen LogP contribution is 2.45. The molecule has 24 heavy (non-hydrogen) atoms. The van der Waals surface area contributed by atoms with Gasteiger partial charge in [-0.05, 0) is 56.0 Å². The van der Waals surface area contributed by atoms with E-state index in [-0.39, 0.29) is 0 Å². The van der Waals surface area contributed by atoms with Crippen LogP contribution in [0, 0.1) is 10.8 Å². The van der Waals surface area contributed by atoms with Gasteiger partial charge in [0.15, 0.2) is 0 Å². The zero-order valence-corrected chi connectivity index (χ0v) is 17.5. The first-order chi connectivity index (χ1) is 11.4. The van der Waals surface area contributed by atoms with Crippen LogP contribution in [0.4, 0.5) is 0 Å². The average Bonchev–Trinajstić information content (AvgIpc) is 2.48. The second kappa shape index (κ2) is 11.5. The maximum Gasteiger partial charge on any atom is 0.00778 e. The number of hydrogen-bond acceptors (Lipinski definition) is 2. The van der Waals surface area contributed by atoms with E-state index in [4.69, 9.17) is 0 Å². The molecule has 2 unspecified atom stereocenters. The molecular weight excluding hydrogens is 292 g/mol. The molecule has 0 aliphatic heterocycles. The molecule has 0 amide bonds. The summed E-state index contributed by atoms with van der Waals surface area (Å²) < 4.78 is 0. The Morgan fingerprint density at radius 3 is 2.04 bits per heavy atom. The van der Waals surface area contributed by atoms with Gasteiger partial charge >= 0.3 is 0 Å². The maximum absolute atomic E-state index is 3.88. The highest BCUT2D eigenvalue weighted by molar-refractivity contribution is 4.95. The number of hydrogen-bond donors (Lipinski definition) is 2. The molecule has 1 fully saturated rings. The Morgan fingerprint density at radius 1 is 0.792 bits per heavy atom. The number of nitrogens with one attached hydrogen (secondary N) is 2. The van der Waals surface area contributed by atoms with E-state index in [2.05, 4.69) is 45.3 Å². The van der Waals surface area contributed by atoms with Crippen LogP contribution >= 0.6 is 0 Å². The molecule has 2 N–H and O–H groups in total. The standard InChI is InChI=1S/C22H46N2/c1-6-8-10-12-14-23-19-22(5)17-20(16-21(3,4)18-22)24-15-13-11-9-7-2/h20,23-24H,6-19H2,1-5H3. The Bertz CT molecular complexity index is 313. The fourth-order valence-electron chi connectivity index (χ4n) is 4.84. The quantitative estimate of drug-likeness (QED) is 0.408. The molecule has 1 rings (SSSR count). The van der Waals surface area contributed by atoms with Crippen LogP contribution in [0.1, 0.15) is 105 Å². The lowest BCUT2D eigenvalue weighted by molar-refractivity contribution is 0.0703. The van der Waals surface area contributed by atoms with Crippen LogP contribution in [0.2, 0.25) is 0 Å². The van der Waals surface area contributed by atoms with Crippen molar-refractivity contribution < 1.29 is 0 Å². The molecule has 1 saturated carbocycles. The molecule has 0 aromatic rings. The SMILES string of the molecule is CCCCCCNCC1(C)CC(NCCCCCC)CC(C)(C)C1. The van der Waals surface area contributed by atoms with E-state index >= 15 is 0 Å². The van der Waals surface area contributed by atoms with Crippen molar-refractivity contribution in [1.82, 2.24) is 10.6 Å². The van der Waals surface area contributed by atoms with E-state index in [1.165, 1.54) is 90.3 Å². The Balaban J connectivity index is 2.33. The second-order valence-electron chi connectivity index (χ2n) is 9.51. The second-order valence-corrected chi connectivity index (χ2v) is 9.51. The van der Waals surface area contributed by atoms with Crippen molar-refractivity contribution in [2.45, 2.75) is 111 Å². The lowest BCUT2D eigenvalue weighted by Gasteiger charge is -2.47. The summed E-state index contributed by atoms with van der Waals surface area (Å²) in [5.41, 5.74) is 0.922. The van der Waals surface area contributed by atoms with Gasteiger partial charge < -0.3 is 10.6 Å². The van der Waals surface area contributed by atoms with Crippen LogP contribution in [-0.4, -0.2) is 25.7 Å². The van der Waals surface area contributed by atoms with Crippen molar-refractivity contribution >= 4 is 0 Å². The summed E-state index contributed by atoms with van der Waals surface area (Å²) in [6.07, 6.45) is 14.9. The van der Waals surface area contributed by atoms with Gasteiger partial charge in [0.1, 0.15) is 0 Å². The van der Waals surface area contributed by atoms with Gasteiger partial charge in [-0.15, -0.1) is 0 Å². The largest absolute Gasteiger partial charge is 0.316 e. The molecule has 0 bridgehead atoms. The van der Waals surface area contributed by atoms with Crippen LogP contribution in [0.5, 0.6) is 0 Å². The summed E-state index contributed by atoms with van der Waals surface area (Å²) in [7, 11) is 0. The summed E-state index contributed by atoms with van der Waals surface area (Å²) in [6.45, 7) is 15.6. The van der Waals surface area contributed by atoms with Gasteiger partial charge in [0.25, 0.3) is 0 Å². The zero-order chi connectivity index (χ0) is 17.9. The molecular formula is C22H46N2. The summed E-state index contributed by atoms with van der Waals surface area (Å²) >= 11 is 0. The molecule has 0 aromatic carbocycles. The maximum atomic E-state index is 3.88. The van der Waals surface area contributed by atoms with Crippen LogP contribution < -0.4 is 10.6 Å². The van der Waals surface area contributed by atoms with Gasteiger partial charge in [-0.25, -0.2) is 0 Å². The lowest BCUT2D eigenvalue weighted by atomic mass is 9.62. The first-order valence-corrected chi connectivity index (χ1v) is 10.8. The van der Waals surface area contributed by atoms with Crippen molar-refractivity contribution in [1.29, 1.82) is 0 Å². The third kappa shape index (κ3) is 9.42. The molecule has 0 radical (unpaired) electrons. The monoisotopic (exact) mass is 338 g/mol. The topological polar surface area (TPSA) is 24.1 Å². The third-order valence-electron chi connectivity index (χ3n) is 5.67. The zero-order valence-electron chi connectivity index (χ0n) is 17.5. The first-order valence-electron chi connectivity index (χ1n) is 10.8. The molecule has 1 aliphatic rings. The van der Waals surface area contributed by atoms with Crippen molar-refractivity contribution in [2.75, 3.05) is 19.6 Å². The van der Waals surface area contributed by atoms with Crippen molar-refractivity contribution in [3.05, 3.63) is 0 Å². The normalized spacial score (nSPS) is 26.6. The van der Waals surface area contributed by atoms with Gasteiger partial charge in [0.05, 0.1) is 0 Å². The van der Waals surface area contributed by atoms with Gasteiger partial charge in [0.2, 0.25) is 0 Å². The first kappa shape index (κ1) is 22.0. The molecule has 0 saturated heterocycles. The molecule has 2 heteroatoms. The molecule has 144 valence electrons. The van der Waals surface area contributed by atoms with Gasteiger partial charge in [-0.3, -0.25) is 0 Å². The van der Waals surface area contributed by atoms with Crippen LogP contribution in [0.3, 0.4) is 0 Å². The van der Waals surface area contributed by atoms with E-state index in [9.17, 15) is 0 Å². The van der Waals surface area contributed by atoms with E-state index < -0.39 is 0 Å². The molecule has 2 nitrogen and oxygen atoms in total. The van der Waals surface area contributed by atoms with E-state index in [1.807, 2.05) is 0 Å². The predicted molar refractivity (Wildman–Crippen MR) is 109 cm³/mol. The fraction of sp³-hybridized carbons (Fsp3) is 1.00. The highest BCUT2D eigenvalue weighted by atomic mass is 14.9. The van der Waals surface area contributed by atoms with Gasteiger partial charge in [-0.1, -0.05) is 73.1 Å². The smallest absolute Gasteiger partial charge is 0.00778 e. The van der Waals surface area contributed by atoms with Crippen LogP contribution in [0.25, 0.3) is 0 Å². The van der Waals surface area contributed by atoms with Crippen LogP contribution in [-0.2, 0) is 0 Å². The van der Waals surface area contributed by atoms with E-state index in [0.29, 0.717) is 16.9 Å². The Labute approximate surface area is 152 Å². The Hall–Kier alpha value is -0.0800. The van der Waals surface area contributed by atoms with Crippen molar-refractivity contribution in [3.8, 4) is 0 Å². The van der Waals surface area contributed by atoms with E-state index in [0.717, 1.165) is 0 Å². The summed E-state index contributed by atoms with van der Waals surface area (Å²) in [6, 6.07) is 0.710. The van der Waals surface area contributed by atoms with Gasteiger partial charge in [0, 0.05) is 12.6 Å². The summed E-state index contributed by atoms with van der Waals surface area (Å²) in [5.74, 6) is 0. The summed E-state index contributed by atoms with van der Waals surface area (Å²) in [4.78, 5) is 0. The fourth-order valence-corrected chi connectivity index (χ4v) is 4.84. The molecule has 0 heterocycles. The van der Waals surface area contributed by atoms with Crippen molar-refractivity contribution in [3.63, 3.8) is 0 Å². The third-order valence-corrected chi connectivity index (χ3v) is 5.67. The molecule has 0 aromatic heterocycles. The number of unbranched alkanes of at least 4 members (excludes halogenated alkanes) is 6. The minimum absolute atomic E-state index is 0.452. The molecule has 1 aliphatic carbocycles.